The number of ether oxygens (including phenoxy) is 1. The van der Waals surface area contributed by atoms with Crippen molar-refractivity contribution < 1.29 is 9.53 Å². The van der Waals surface area contributed by atoms with Gasteiger partial charge in [0.2, 0.25) is 5.91 Å². The first-order valence-electron chi connectivity index (χ1n) is 6.19. The number of hydrogen-bond acceptors (Lipinski definition) is 2. The summed E-state index contributed by atoms with van der Waals surface area (Å²) in [5.74, 6) is 1.11. The van der Waals surface area contributed by atoms with E-state index >= 15 is 0 Å². The number of amides is 1. The van der Waals surface area contributed by atoms with Gasteiger partial charge in [0.1, 0.15) is 5.75 Å². The van der Waals surface area contributed by atoms with Crippen LogP contribution in [0.15, 0.2) is 24.3 Å². The van der Waals surface area contributed by atoms with E-state index < -0.39 is 0 Å². The smallest absolute Gasteiger partial charge is 0.222 e. The summed E-state index contributed by atoms with van der Waals surface area (Å²) in [6, 6.07) is 8.30. The van der Waals surface area contributed by atoms with Crippen LogP contribution in [0.4, 0.5) is 0 Å². The van der Waals surface area contributed by atoms with Crippen molar-refractivity contribution in [2.24, 2.45) is 0 Å². The highest BCUT2D eigenvalue weighted by Crippen LogP contribution is 2.33. The molecule has 3 nitrogen and oxygen atoms in total. The number of rotatable bonds is 3. The molecular formula is C14H19NO2. The fourth-order valence-corrected chi connectivity index (χ4v) is 2.44. The van der Waals surface area contributed by atoms with Crippen LogP contribution in [0.25, 0.3) is 0 Å². The van der Waals surface area contributed by atoms with Gasteiger partial charge in [-0.05, 0) is 30.5 Å². The Hall–Kier alpha value is -1.51. The van der Waals surface area contributed by atoms with E-state index in [0.29, 0.717) is 6.42 Å². The van der Waals surface area contributed by atoms with Gasteiger partial charge in [0.05, 0.1) is 13.2 Å². The van der Waals surface area contributed by atoms with E-state index in [0.717, 1.165) is 25.1 Å². The molecule has 2 rings (SSSR count). The van der Waals surface area contributed by atoms with E-state index in [1.165, 1.54) is 5.56 Å². The van der Waals surface area contributed by atoms with Gasteiger partial charge in [-0.3, -0.25) is 4.79 Å². The first-order chi connectivity index (χ1) is 8.26. The molecule has 3 heteroatoms. The van der Waals surface area contributed by atoms with Crippen LogP contribution in [0.5, 0.6) is 5.75 Å². The topological polar surface area (TPSA) is 29.5 Å². The Morgan fingerprint density at radius 2 is 2.12 bits per heavy atom. The molecular weight excluding hydrogens is 214 g/mol. The minimum absolute atomic E-state index is 0.253. The van der Waals surface area contributed by atoms with E-state index in [2.05, 4.69) is 12.1 Å². The number of hydrogen-bond donors (Lipinski definition) is 0. The zero-order valence-corrected chi connectivity index (χ0v) is 10.5. The molecule has 1 aliphatic rings. The molecule has 1 atom stereocenters. The third-order valence-corrected chi connectivity index (χ3v) is 3.38. The van der Waals surface area contributed by atoms with Crippen LogP contribution in [-0.4, -0.2) is 24.5 Å². The molecule has 1 aromatic rings. The van der Waals surface area contributed by atoms with Gasteiger partial charge in [-0.25, -0.2) is 0 Å². The van der Waals surface area contributed by atoms with Crippen molar-refractivity contribution in [2.45, 2.75) is 32.2 Å². The summed E-state index contributed by atoms with van der Waals surface area (Å²) in [5.41, 5.74) is 1.21. The second-order valence-electron chi connectivity index (χ2n) is 4.37. The highest BCUT2D eigenvalue weighted by atomic mass is 16.5. The van der Waals surface area contributed by atoms with Crippen molar-refractivity contribution in [3.05, 3.63) is 29.8 Å². The van der Waals surface area contributed by atoms with Crippen molar-refractivity contribution in [2.75, 3.05) is 13.7 Å². The molecule has 0 saturated carbocycles. The van der Waals surface area contributed by atoms with Gasteiger partial charge in [-0.2, -0.15) is 0 Å². The summed E-state index contributed by atoms with van der Waals surface area (Å²) in [5, 5.41) is 0. The van der Waals surface area contributed by atoms with Gasteiger partial charge in [-0.15, -0.1) is 0 Å². The average Bonchev–Trinajstić information content (AvgIpc) is 2.87. The Balaban J connectivity index is 2.17. The maximum atomic E-state index is 11.8. The minimum Gasteiger partial charge on any atom is -0.497 e. The largest absolute Gasteiger partial charge is 0.497 e. The lowest BCUT2D eigenvalue weighted by atomic mass is 10.0. The molecule has 0 bridgehead atoms. The van der Waals surface area contributed by atoms with Crippen LogP contribution in [0.2, 0.25) is 0 Å². The first kappa shape index (κ1) is 12.0. The quantitative estimate of drug-likeness (QED) is 0.803. The van der Waals surface area contributed by atoms with Crippen molar-refractivity contribution in [3.8, 4) is 5.75 Å². The van der Waals surface area contributed by atoms with E-state index in [4.69, 9.17) is 4.74 Å². The third-order valence-electron chi connectivity index (χ3n) is 3.38. The number of benzene rings is 1. The Kier molecular flexibility index (Phi) is 3.67. The van der Waals surface area contributed by atoms with Crippen molar-refractivity contribution in [1.82, 2.24) is 4.90 Å². The van der Waals surface area contributed by atoms with Crippen LogP contribution >= 0.6 is 0 Å². The molecule has 0 spiro atoms. The average molecular weight is 233 g/mol. The maximum absolute atomic E-state index is 11.8. The molecule has 0 unspecified atom stereocenters. The van der Waals surface area contributed by atoms with E-state index in [9.17, 15) is 4.79 Å². The van der Waals surface area contributed by atoms with Gasteiger partial charge < -0.3 is 9.64 Å². The molecule has 1 fully saturated rings. The molecule has 0 aliphatic carbocycles. The van der Waals surface area contributed by atoms with Gasteiger partial charge in [0, 0.05) is 13.0 Å². The summed E-state index contributed by atoms with van der Waals surface area (Å²) in [6.07, 6.45) is 2.76. The van der Waals surface area contributed by atoms with Crippen molar-refractivity contribution in [3.63, 3.8) is 0 Å². The molecule has 0 N–H and O–H groups in total. The molecule has 1 amide bonds. The Morgan fingerprint density at radius 1 is 1.41 bits per heavy atom. The lowest BCUT2D eigenvalue weighted by molar-refractivity contribution is -0.131. The number of methoxy groups -OCH3 is 1. The second kappa shape index (κ2) is 5.21. The molecule has 1 aromatic carbocycles. The standard InChI is InChI=1S/C14H19NO2/c1-3-14(16)15-10-4-5-13(15)11-6-8-12(17-2)9-7-11/h6-9,13H,3-5,10H2,1-2H3/t13-/m0/s1. The predicted molar refractivity (Wildman–Crippen MR) is 67.0 cm³/mol. The number of likely N-dealkylation sites (tertiary alicyclic amines) is 1. The Bertz CT molecular complexity index is 386. The van der Waals surface area contributed by atoms with E-state index in [-0.39, 0.29) is 11.9 Å². The van der Waals surface area contributed by atoms with E-state index in [1.807, 2.05) is 24.0 Å². The summed E-state index contributed by atoms with van der Waals surface area (Å²) >= 11 is 0. The molecule has 0 radical (unpaired) electrons. The maximum Gasteiger partial charge on any atom is 0.222 e. The molecule has 17 heavy (non-hydrogen) atoms. The van der Waals surface area contributed by atoms with Crippen LogP contribution < -0.4 is 4.74 Å². The fourth-order valence-electron chi connectivity index (χ4n) is 2.44. The summed E-state index contributed by atoms with van der Waals surface area (Å²) in [4.78, 5) is 13.8. The third kappa shape index (κ3) is 2.43. The molecule has 92 valence electrons. The lowest BCUT2D eigenvalue weighted by Gasteiger charge is -2.24. The van der Waals surface area contributed by atoms with Gasteiger partial charge in [-0.1, -0.05) is 19.1 Å². The van der Waals surface area contributed by atoms with Gasteiger partial charge in [0.25, 0.3) is 0 Å². The van der Waals surface area contributed by atoms with Crippen LogP contribution in [-0.2, 0) is 4.79 Å². The highest BCUT2D eigenvalue weighted by Gasteiger charge is 2.28. The Morgan fingerprint density at radius 3 is 2.71 bits per heavy atom. The zero-order chi connectivity index (χ0) is 12.3. The normalized spacial score (nSPS) is 19.4. The van der Waals surface area contributed by atoms with Crippen LogP contribution in [0, 0.1) is 0 Å². The SMILES string of the molecule is CCC(=O)N1CCC[C@H]1c1ccc(OC)cc1. The number of carbonyl (C=O) groups excluding carboxylic acids is 1. The van der Waals surface area contributed by atoms with Crippen LogP contribution in [0.3, 0.4) is 0 Å². The van der Waals surface area contributed by atoms with Crippen molar-refractivity contribution in [1.29, 1.82) is 0 Å². The molecule has 1 saturated heterocycles. The van der Waals surface area contributed by atoms with Gasteiger partial charge >= 0.3 is 0 Å². The Labute approximate surface area is 102 Å². The number of nitrogens with zero attached hydrogens (tertiary/aromatic N) is 1. The van der Waals surface area contributed by atoms with E-state index in [1.54, 1.807) is 7.11 Å². The predicted octanol–water partition coefficient (Wildman–Crippen LogP) is 2.77. The summed E-state index contributed by atoms with van der Waals surface area (Å²) in [6.45, 7) is 2.81. The first-order valence-corrected chi connectivity index (χ1v) is 6.19. The van der Waals surface area contributed by atoms with Gasteiger partial charge in [0.15, 0.2) is 0 Å². The zero-order valence-electron chi connectivity index (χ0n) is 10.5. The highest BCUT2D eigenvalue weighted by molar-refractivity contribution is 5.76. The number of carbonyl (C=O) groups is 1. The second-order valence-corrected chi connectivity index (χ2v) is 4.37. The summed E-state index contributed by atoms with van der Waals surface area (Å²) in [7, 11) is 1.66. The minimum atomic E-state index is 0.253. The van der Waals surface area contributed by atoms with Crippen molar-refractivity contribution >= 4 is 5.91 Å². The fraction of sp³-hybridized carbons (Fsp3) is 0.500. The summed E-state index contributed by atoms with van der Waals surface area (Å²) < 4.78 is 5.15. The van der Waals surface area contributed by atoms with Crippen LogP contribution in [0.1, 0.15) is 37.8 Å². The molecule has 1 aliphatic heterocycles. The molecule has 0 aromatic heterocycles. The molecule has 1 heterocycles. The monoisotopic (exact) mass is 233 g/mol. The lowest BCUT2D eigenvalue weighted by Crippen LogP contribution is -2.29.